The second-order valence-corrected chi connectivity index (χ2v) is 7.36. The molecule has 0 spiro atoms. The van der Waals surface area contributed by atoms with Crippen molar-refractivity contribution in [3.05, 3.63) is 53.7 Å². The second-order valence-electron chi connectivity index (χ2n) is 7.36. The number of rotatable bonds is 5. The first kappa shape index (κ1) is 17.6. The van der Waals surface area contributed by atoms with E-state index in [0.29, 0.717) is 17.8 Å². The van der Waals surface area contributed by atoms with Crippen molar-refractivity contribution in [3.8, 4) is 5.88 Å². The summed E-state index contributed by atoms with van der Waals surface area (Å²) in [5.74, 6) is 1.46. The molecule has 2 aliphatic rings. The van der Waals surface area contributed by atoms with Gasteiger partial charge in [-0.3, -0.25) is 0 Å². The molecule has 0 bridgehead atoms. The SMILES string of the molecule is COc1cc2c(cn1)C(NC(=O)OCc1ccccc1)[C@@H](C)[C@H](C1CC1)N2. The number of hydrogen-bond donors (Lipinski definition) is 2. The molecule has 1 aromatic heterocycles. The lowest BCUT2D eigenvalue weighted by atomic mass is 9.82. The number of anilines is 1. The highest BCUT2D eigenvalue weighted by molar-refractivity contribution is 5.69. The van der Waals surface area contributed by atoms with Crippen molar-refractivity contribution in [1.29, 1.82) is 0 Å². The van der Waals surface area contributed by atoms with Crippen LogP contribution in [0.5, 0.6) is 5.88 Å². The monoisotopic (exact) mass is 367 g/mol. The summed E-state index contributed by atoms with van der Waals surface area (Å²) in [5, 5.41) is 6.70. The lowest BCUT2D eigenvalue weighted by Crippen LogP contribution is -2.45. The smallest absolute Gasteiger partial charge is 0.407 e. The van der Waals surface area contributed by atoms with Crippen molar-refractivity contribution in [3.63, 3.8) is 0 Å². The molecule has 0 saturated heterocycles. The molecule has 1 amide bonds. The lowest BCUT2D eigenvalue weighted by molar-refractivity contribution is 0.130. The molecule has 4 rings (SSSR count). The van der Waals surface area contributed by atoms with Crippen molar-refractivity contribution in [1.82, 2.24) is 10.3 Å². The van der Waals surface area contributed by atoms with E-state index < -0.39 is 6.09 Å². The maximum Gasteiger partial charge on any atom is 0.407 e. The molecule has 2 N–H and O–H groups in total. The van der Waals surface area contributed by atoms with Crippen LogP contribution in [0.25, 0.3) is 0 Å². The van der Waals surface area contributed by atoms with Gasteiger partial charge < -0.3 is 20.1 Å². The van der Waals surface area contributed by atoms with Crippen molar-refractivity contribution >= 4 is 11.8 Å². The van der Waals surface area contributed by atoms with Crippen molar-refractivity contribution in [2.75, 3.05) is 12.4 Å². The average Bonchev–Trinajstić information content (AvgIpc) is 3.54. The minimum absolute atomic E-state index is 0.145. The summed E-state index contributed by atoms with van der Waals surface area (Å²) in [5.41, 5.74) is 2.91. The van der Waals surface area contributed by atoms with Crippen LogP contribution in [0, 0.1) is 11.8 Å². The van der Waals surface area contributed by atoms with E-state index in [-0.39, 0.29) is 18.6 Å². The average molecular weight is 367 g/mol. The highest BCUT2D eigenvalue weighted by Crippen LogP contribution is 2.46. The summed E-state index contributed by atoms with van der Waals surface area (Å²) in [6.07, 6.45) is 3.83. The van der Waals surface area contributed by atoms with E-state index in [1.165, 1.54) is 12.8 Å². The maximum absolute atomic E-state index is 12.5. The highest BCUT2D eigenvalue weighted by Gasteiger charge is 2.43. The van der Waals surface area contributed by atoms with Crippen molar-refractivity contribution < 1.29 is 14.3 Å². The van der Waals surface area contributed by atoms with Crippen LogP contribution in [-0.4, -0.2) is 24.2 Å². The Morgan fingerprint density at radius 1 is 1.30 bits per heavy atom. The first-order valence-electron chi connectivity index (χ1n) is 9.43. The molecule has 1 saturated carbocycles. The van der Waals surface area contributed by atoms with E-state index in [4.69, 9.17) is 9.47 Å². The fourth-order valence-electron chi connectivity index (χ4n) is 3.84. The molecular formula is C21H25N3O3. The van der Waals surface area contributed by atoms with Crippen LogP contribution in [0.3, 0.4) is 0 Å². The molecule has 1 unspecified atom stereocenters. The Bertz CT molecular complexity index is 808. The number of aromatic nitrogens is 1. The van der Waals surface area contributed by atoms with Gasteiger partial charge in [0, 0.05) is 35.5 Å². The molecule has 142 valence electrons. The standard InChI is InChI=1S/C21H25N3O3/c1-13-19(15-8-9-15)23-17-10-18(26-2)22-11-16(17)20(13)24-21(25)27-12-14-6-4-3-5-7-14/h3-7,10-11,13,15,19-20,23H,8-9,12H2,1-2H3,(H,24,25)/t13-,19+,20?/m0/s1. The Kier molecular flexibility index (Phi) is 4.88. The Morgan fingerprint density at radius 2 is 2.07 bits per heavy atom. The van der Waals surface area contributed by atoms with Crippen LogP contribution in [-0.2, 0) is 11.3 Å². The van der Waals surface area contributed by atoms with Crippen molar-refractivity contribution in [2.24, 2.45) is 11.8 Å². The Labute approximate surface area is 159 Å². The van der Waals surface area contributed by atoms with Crippen LogP contribution in [0.2, 0.25) is 0 Å². The zero-order chi connectivity index (χ0) is 18.8. The summed E-state index contributed by atoms with van der Waals surface area (Å²) < 4.78 is 10.7. The highest BCUT2D eigenvalue weighted by atomic mass is 16.5. The number of nitrogens with zero attached hydrogens (tertiary/aromatic N) is 1. The maximum atomic E-state index is 12.5. The Morgan fingerprint density at radius 3 is 2.78 bits per heavy atom. The molecular weight excluding hydrogens is 342 g/mol. The van der Waals surface area contributed by atoms with Gasteiger partial charge in [-0.05, 0) is 24.3 Å². The molecule has 2 aromatic rings. The molecule has 6 heteroatoms. The number of carbonyl (C=O) groups is 1. The number of hydrogen-bond acceptors (Lipinski definition) is 5. The van der Waals surface area contributed by atoms with E-state index in [0.717, 1.165) is 16.8 Å². The molecule has 0 radical (unpaired) electrons. The van der Waals surface area contributed by atoms with Crippen LogP contribution < -0.4 is 15.4 Å². The number of amides is 1. The Balaban J connectivity index is 1.50. The summed E-state index contributed by atoms with van der Waals surface area (Å²) >= 11 is 0. The van der Waals surface area contributed by atoms with Crippen LogP contribution in [0.4, 0.5) is 10.5 Å². The number of carbonyl (C=O) groups excluding carboxylic acids is 1. The van der Waals surface area contributed by atoms with Gasteiger partial charge in [-0.2, -0.15) is 0 Å². The molecule has 1 aliphatic heterocycles. The fourth-order valence-corrected chi connectivity index (χ4v) is 3.84. The molecule has 1 fully saturated rings. The van der Waals surface area contributed by atoms with Gasteiger partial charge >= 0.3 is 6.09 Å². The quantitative estimate of drug-likeness (QED) is 0.839. The summed E-state index contributed by atoms with van der Waals surface area (Å²) in [6, 6.07) is 11.8. The molecule has 2 heterocycles. The number of fused-ring (bicyclic) bond motifs is 1. The van der Waals surface area contributed by atoms with Crippen molar-refractivity contribution in [2.45, 2.75) is 38.5 Å². The third-order valence-corrected chi connectivity index (χ3v) is 5.48. The fraction of sp³-hybridized carbons (Fsp3) is 0.429. The van der Waals surface area contributed by atoms with Gasteiger partial charge in [0.05, 0.1) is 13.2 Å². The molecule has 27 heavy (non-hydrogen) atoms. The number of ether oxygens (including phenoxy) is 2. The normalized spacial score (nSPS) is 23.7. The summed E-state index contributed by atoms with van der Waals surface area (Å²) in [7, 11) is 1.61. The van der Waals surface area contributed by atoms with Gasteiger partial charge in [-0.1, -0.05) is 37.3 Å². The zero-order valence-electron chi connectivity index (χ0n) is 15.6. The topological polar surface area (TPSA) is 72.5 Å². The molecule has 1 aromatic carbocycles. The largest absolute Gasteiger partial charge is 0.481 e. The number of nitrogens with one attached hydrogen (secondary N) is 2. The van der Waals surface area contributed by atoms with Gasteiger partial charge in [0.25, 0.3) is 0 Å². The van der Waals surface area contributed by atoms with E-state index in [2.05, 4.69) is 22.5 Å². The third-order valence-electron chi connectivity index (χ3n) is 5.48. The van der Waals surface area contributed by atoms with Gasteiger partial charge in [0.15, 0.2) is 0 Å². The lowest BCUT2D eigenvalue weighted by Gasteiger charge is -2.39. The predicted octanol–water partition coefficient (Wildman–Crippen LogP) is 3.90. The second kappa shape index (κ2) is 7.47. The Hall–Kier alpha value is -2.76. The minimum atomic E-state index is -0.408. The van der Waals surface area contributed by atoms with Gasteiger partial charge in [-0.25, -0.2) is 9.78 Å². The number of alkyl carbamates (subject to hydrolysis) is 1. The van der Waals surface area contributed by atoms with E-state index in [1.54, 1.807) is 13.3 Å². The summed E-state index contributed by atoms with van der Waals surface area (Å²) in [4.78, 5) is 16.8. The number of benzene rings is 1. The van der Waals surface area contributed by atoms with E-state index in [9.17, 15) is 4.79 Å². The van der Waals surface area contributed by atoms with Crippen LogP contribution >= 0.6 is 0 Å². The summed E-state index contributed by atoms with van der Waals surface area (Å²) in [6.45, 7) is 2.43. The van der Waals surface area contributed by atoms with E-state index >= 15 is 0 Å². The van der Waals surface area contributed by atoms with E-state index in [1.807, 2.05) is 36.4 Å². The molecule has 3 atom stereocenters. The van der Waals surface area contributed by atoms with Crippen LogP contribution in [0.15, 0.2) is 42.6 Å². The number of pyridine rings is 1. The number of methoxy groups -OCH3 is 1. The minimum Gasteiger partial charge on any atom is -0.481 e. The predicted molar refractivity (Wildman–Crippen MR) is 103 cm³/mol. The van der Waals surface area contributed by atoms with Gasteiger partial charge in [-0.15, -0.1) is 0 Å². The molecule has 6 nitrogen and oxygen atoms in total. The first-order chi connectivity index (χ1) is 13.2. The zero-order valence-corrected chi connectivity index (χ0v) is 15.6. The molecule has 1 aliphatic carbocycles. The third kappa shape index (κ3) is 3.84. The van der Waals surface area contributed by atoms with Gasteiger partial charge in [0.1, 0.15) is 6.61 Å². The van der Waals surface area contributed by atoms with Gasteiger partial charge in [0.2, 0.25) is 5.88 Å². The van der Waals surface area contributed by atoms with Crippen LogP contribution in [0.1, 0.15) is 36.9 Å². The first-order valence-corrected chi connectivity index (χ1v) is 9.43.